The van der Waals surface area contributed by atoms with Gasteiger partial charge in [-0.1, -0.05) is 13.8 Å². The van der Waals surface area contributed by atoms with Gasteiger partial charge in [0.25, 0.3) is 0 Å². The Morgan fingerprint density at radius 3 is 2.69 bits per heavy atom. The number of nitrogens with zero attached hydrogens (tertiary/aromatic N) is 6. The number of amides is 1. The molecule has 210 valence electrons. The summed E-state index contributed by atoms with van der Waals surface area (Å²) in [7, 11) is 3.47. The molecule has 1 amide bonds. The van der Waals surface area contributed by atoms with Crippen LogP contribution in [0.5, 0.6) is 0 Å². The number of hydrogen-bond donors (Lipinski definition) is 4. The van der Waals surface area contributed by atoms with Crippen LogP contribution in [0.4, 0.5) is 22.0 Å². The molecule has 11 nitrogen and oxygen atoms in total. The van der Waals surface area contributed by atoms with Crippen molar-refractivity contribution in [3.8, 4) is 0 Å². The van der Waals surface area contributed by atoms with Crippen molar-refractivity contribution in [2.75, 3.05) is 50.5 Å². The first-order valence-electron chi connectivity index (χ1n) is 13.3. The Hall–Kier alpha value is -3.35. The van der Waals surface area contributed by atoms with Gasteiger partial charge >= 0.3 is 0 Å². The molecule has 2 saturated heterocycles. The van der Waals surface area contributed by atoms with E-state index >= 15 is 0 Å². The maximum absolute atomic E-state index is 14.7. The number of pyridine rings is 1. The second kappa shape index (κ2) is 10.00. The number of anilines is 3. The van der Waals surface area contributed by atoms with Gasteiger partial charge in [0.15, 0.2) is 5.67 Å². The first-order valence-corrected chi connectivity index (χ1v) is 13.3. The van der Waals surface area contributed by atoms with E-state index in [4.69, 9.17) is 0 Å². The molecule has 5 rings (SSSR count). The van der Waals surface area contributed by atoms with Crippen LogP contribution in [-0.4, -0.2) is 92.9 Å². The van der Waals surface area contributed by atoms with E-state index in [9.17, 15) is 19.4 Å². The summed E-state index contributed by atoms with van der Waals surface area (Å²) in [5.74, 6) is -0.0381. The Morgan fingerprint density at radius 2 is 2.03 bits per heavy atom. The third kappa shape index (κ3) is 5.04. The number of alkyl halides is 1. The molecular formula is C27H37FN8O3. The number of rotatable bonds is 6. The maximum Gasteiger partial charge on any atom is 0.227 e. The first-order chi connectivity index (χ1) is 18.4. The molecule has 39 heavy (non-hydrogen) atoms. The molecule has 3 atom stereocenters. The van der Waals surface area contributed by atoms with Crippen LogP contribution in [0.1, 0.15) is 38.3 Å². The average Bonchev–Trinajstić information content (AvgIpc) is 2.84. The van der Waals surface area contributed by atoms with Crippen molar-refractivity contribution in [3.63, 3.8) is 0 Å². The maximum atomic E-state index is 14.7. The topological polar surface area (TPSA) is 130 Å². The molecule has 2 aromatic rings. The Kier molecular flexibility index (Phi) is 6.98. The molecule has 0 radical (unpaired) electrons. The zero-order valence-corrected chi connectivity index (χ0v) is 23.0. The van der Waals surface area contributed by atoms with Crippen LogP contribution >= 0.6 is 0 Å². The molecule has 0 aromatic carbocycles. The van der Waals surface area contributed by atoms with Crippen LogP contribution in [-0.2, 0) is 10.6 Å². The minimum Gasteiger partial charge on any atom is -0.390 e. The molecule has 2 fully saturated rings. The second-order valence-corrected chi connectivity index (χ2v) is 11.4. The van der Waals surface area contributed by atoms with Crippen LogP contribution < -0.4 is 15.5 Å². The molecule has 5 heterocycles. The lowest BCUT2D eigenvalue weighted by atomic mass is 9.86. The third-order valence-electron chi connectivity index (χ3n) is 7.82. The number of aliphatic hydroxyl groups excluding tert-OH is 1. The van der Waals surface area contributed by atoms with Gasteiger partial charge in [0.05, 0.1) is 18.6 Å². The largest absolute Gasteiger partial charge is 0.390 e. The van der Waals surface area contributed by atoms with Crippen molar-refractivity contribution in [2.45, 2.75) is 44.8 Å². The monoisotopic (exact) mass is 540 g/mol. The van der Waals surface area contributed by atoms with Gasteiger partial charge < -0.3 is 30.6 Å². The lowest BCUT2D eigenvalue weighted by Gasteiger charge is -2.50. The van der Waals surface area contributed by atoms with E-state index in [1.54, 1.807) is 42.4 Å². The van der Waals surface area contributed by atoms with Crippen LogP contribution in [0.3, 0.4) is 0 Å². The van der Waals surface area contributed by atoms with Crippen LogP contribution in [0.25, 0.3) is 5.57 Å². The van der Waals surface area contributed by atoms with E-state index in [2.05, 4.69) is 39.4 Å². The van der Waals surface area contributed by atoms with Gasteiger partial charge in [-0.2, -0.15) is 4.98 Å². The van der Waals surface area contributed by atoms with Crippen molar-refractivity contribution >= 4 is 29.1 Å². The quantitative estimate of drug-likeness (QED) is 0.429. The van der Waals surface area contributed by atoms with E-state index in [0.717, 1.165) is 11.1 Å². The predicted octanol–water partition coefficient (Wildman–Crippen LogP) is 1.64. The molecule has 0 bridgehead atoms. The van der Waals surface area contributed by atoms with Gasteiger partial charge in [-0.3, -0.25) is 9.69 Å². The molecule has 4 N–H and O–H groups in total. The van der Waals surface area contributed by atoms with Crippen LogP contribution in [0.15, 0.2) is 30.7 Å². The van der Waals surface area contributed by atoms with Gasteiger partial charge in [0.2, 0.25) is 17.7 Å². The molecule has 3 aliphatic rings. The van der Waals surface area contributed by atoms with E-state index in [0.29, 0.717) is 49.2 Å². The lowest BCUT2D eigenvalue weighted by molar-refractivity contribution is -0.187. The first kappa shape index (κ1) is 27.2. The molecular weight excluding hydrogens is 503 g/mol. The van der Waals surface area contributed by atoms with Gasteiger partial charge in [-0.25, -0.2) is 14.4 Å². The molecule has 0 aliphatic carbocycles. The van der Waals surface area contributed by atoms with E-state index in [1.807, 2.05) is 17.2 Å². The van der Waals surface area contributed by atoms with Crippen molar-refractivity contribution in [3.05, 3.63) is 41.9 Å². The SMILES string of the molecule is CC(C)C1=CNC(O)(N2CC(C(=O)N(C)C)C2)c2cnc(Nc3ccnc(N4CC[C@@H](O)[C@@](C)(F)C4)n3)cc21. The summed E-state index contributed by atoms with van der Waals surface area (Å²) in [4.78, 5) is 30.9. The highest BCUT2D eigenvalue weighted by Crippen LogP contribution is 2.40. The predicted molar refractivity (Wildman–Crippen MR) is 146 cm³/mol. The van der Waals surface area contributed by atoms with Gasteiger partial charge in [0, 0.05) is 57.9 Å². The fourth-order valence-electron chi connectivity index (χ4n) is 5.39. The number of nitrogens with one attached hydrogen (secondary N) is 2. The number of piperidine rings is 1. The minimum absolute atomic E-state index is 0.000336. The number of allylic oxidation sites excluding steroid dienone is 1. The smallest absolute Gasteiger partial charge is 0.227 e. The zero-order valence-electron chi connectivity index (χ0n) is 23.0. The fraction of sp³-hybridized carbons (Fsp3) is 0.556. The summed E-state index contributed by atoms with van der Waals surface area (Å²) >= 11 is 0. The number of carbonyl (C=O) groups excluding carboxylic acids is 1. The number of halogens is 1. The normalized spacial score (nSPS) is 27.4. The van der Waals surface area contributed by atoms with Crippen LogP contribution in [0, 0.1) is 11.8 Å². The Balaban J connectivity index is 1.38. The number of likely N-dealkylation sites (tertiary alicyclic amines) is 1. The summed E-state index contributed by atoms with van der Waals surface area (Å²) in [5.41, 5.74) is 0.733. The van der Waals surface area contributed by atoms with Crippen molar-refractivity contribution in [1.29, 1.82) is 0 Å². The van der Waals surface area contributed by atoms with Gasteiger partial charge in [-0.15, -0.1) is 0 Å². The van der Waals surface area contributed by atoms with Crippen molar-refractivity contribution in [1.82, 2.24) is 30.1 Å². The Morgan fingerprint density at radius 1 is 1.28 bits per heavy atom. The third-order valence-corrected chi connectivity index (χ3v) is 7.82. The average molecular weight is 541 g/mol. The zero-order chi connectivity index (χ0) is 28.1. The Bertz CT molecular complexity index is 1280. The Labute approximate surface area is 227 Å². The molecule has 1 unspecified atom stereocenters. The number of aromatic nitrogens is 3. The highest BCUT2D eigenvalue weighted by molar-refractivity contribution is 5.80. The highest BCUT2D eigenvalue weighted by Gasteiger charge is 2.49. The summed E-state index contributed by atoms with van der Waals surface area (Å²) in [6.45, 7) is 6.86. The van der Waals surface area contributed by atoms with E-state index in [-0.39, 0.29) is 24.3 Å². The lowest BCUT2D eigenvalue weighted by Crippen LogP contribution is -2.66. The summed E-state index contributed by atoms with van der Waals surface area (Å²) < 4.78 is 14.7. The van der Waals surface area contributed by atoms with Gasteiger partial charge in [-0.05, 0) is 42.5 Å². The van der Waals surface area contributed by atoms with Gasteiger partial charge in [0.1, 0.15) is 11.6 Å². The fourth-order valence-corrected chi connectivity index (χ4v) is 5.39. The minimum atomic E-state index is -1.74. The number of aliphatic hydroxyl groups is 2. The van der Waals surface area contributed by atoms with E-state index in [1.165, 1.54) is 6.92 Å². The van der Waals surface area contributed by atoms with E-state index < -0.39 is 17.6 Å². The molecule has 12 heteroatoms. The number of hydrogen-bond acceptors (Lipinski definition) is 10. The molecule has 2 aromatic heterocycles. The second-order valence-electron chi connectivity index (χ2n) is 11.4. The summed E-state index contributed by atoms with van der Waals surface area (Å²) in [6, 6.07) is 3.59. The highest BCUT2D eigenvalue weighted by atomic mass is 19.1. The summed E-state index contributed by atoms with van der Waals surface area (Å²) in [5, 5.41) is 28.0. The standard InChI is InChI=1S/C27H37FN8O3/c1-16(2)19-11-31-27(39,36-13-17(14-36)24(38)34(4)5)20-12-30-23(10-18(19)20)32-22-6-8-29-25(33-22)35-9-7-21(37)26(3,28)15-35/h6,8,10-12,16-17,21,31,37,39H,7,9,13-15H2,1-5H3,(H,29,30,32,33)/t21-,26+,27?/m1/s1. The molecule has 0 spiro atoms. The number of fused-ring (bicyclic) bond motifs is 1. The van der Waals surface area contributed by atoms with Crippen molar-refractivity contribution < 1.29 is 19.4 Å². The summed E-state index contributed by atoms with van der Waals surface area (Å²) in [6.07, 6.45) is 4.36. The van der Waals surface area contributed by atoms with Crippen molar-refractivity contribution in [2.24, 2.45) is 11.8 Å². The van der Waals surface area contributed by atoms with Crippen LogP contribution in [0.2, 0.25) is 0 Å². The molecule has 0 saturated carbocycles. The molecule has 3 aliphatic heterocycles. The number of carbonyl (C=O) groups is 1.